The normalized spacial score (nSPS) is 11.8. The van der Waals surface area contributed by atoms with Crippen molar-refractivity contribution in [3.8, 4) is 0 Å². The summed E-state index contributed by atoms with van der Waals surface area (Å²) in [5.41, 5.74) is 0. The predicted octanol–water partition coefficient (Wildman–Crippen LogP) is -0.621. The van der Waals surface area contributed by atoms with E-state index in [0.29, 0.717) is 0 Å². The Kier molecular flexibility index (Phi) is 2.23. The van der Waals surface area contributed by atoms with Crippen molar-refractivity contribution in [1.82, 2.24) is 0 Å². The zero-order chi connectivity index (χ0) is 5.21. The predicted molar refractivity (Wildman–Crippen MR) is 16.4 cm³/mol. The molecule has 0 aliphatic heterocycles. The molecule has 0 heterocycles. The molecule has 0 unspecified atom stereocenters. The summed E-state index contributed by atoms with van der Waals surface area (Å²) >= 11 is 2.30. The van der Waals surface area contributed by atoms with E-state index in [0.717, 1.165) is 0 Å². The van der Waals surface area contributed by atoms with Crippen LogP contribution in [0.15, 0.2) is 0 Å². The van der Waals surface area contributed by atoms with Gasteiger partial charge < -0.3 is 0 Å². The SMILES string of the molecule is O=S(=O)(O)[CH2][Pd]. The van der Waals surface area contributed by atoms with Crippen molar-refractivity contribution < 1.29 is 32.2 Å². The first-order chi connectivity index (χ1) is 2.56. The minimum absolute atomic E-state index is 0.351. The summed E-state index contributed by atoms with van der Waals surface area (Å²) in [7, 11) is -3.73. The molecule has 0 saturated heterocycles. The third-order valence-electron chi connectivity index (χ3n) is 0.115. The van der Waals surface area contributed by atoms with Crippen molar-refractivity contribution >= 4 is 10.1 Å². The molecule has 0 amide bonds. The van der Waals surface area contributed by atoms with E-state index in [2.05, 4.69) is 19.2 Å². The monoisotopic (exact) mass is 201 g/mol. The Morgan fingerprint density at radius 2 is 1.83 bits per heavy atom. The summed E-state index contributed by atoms with van der Waals surface area (Å²) < 4.78 is 26.4. The molecule has 0 spiro atoms. The minimum atomic E-state index is -3.73. The fraction of sp³-hybridized carbons (Fsp3) is 1.00. The van der Waals surface area contributed by atoms with Gasteiger partial charge in [-0.05, 0) is 0 Å². The number of rotatable bonds is 1. The van der Waals surface area contributed by atoms with Crippen LogP contribution in [-0.2, 0) is 29.3 Å². The fourth-order valence-electron chi connectivity index (χ4n) is 0. The molecule has 0 atom stereocenters. The van der Waals surface area contributed by atoms with E-state index in [1.807, 2.05) is 0 Å². The summed E-state index contributed by atoms with van der Waals surface area (Å²) in [4.78, 5) is 0. The summed E-state index contributed by atoms with van der Waals surface area (Å²) in [6, 6.07) is 0. The Morgan fingerprint density at radius 1 is 1.67 bits per heavy atom. The first-order valence-corrected chi connectivity index (χ1v) is 3.74. The van der Waals surface area contributed by atoms with Gasteiger partial charge in [-0.3, -0.25) is 0 Å². The average molecular weight is 202 g/mol. The van der Waals surface area contributed by atoms with Crippen LogP contribution in [0.4, 0.5) is 0 Å². The van der Waals surface area contributed by atoms with Crippen LogP contribution in [0.1, 0.15) is 0 Å². The molecule has 5 heteroatoms. The standard InChI is InChI=1S/CH3O3S.Pd/c1-5(2,3)4;/h1H2,(H,2,3,4);. The molecule has 0 radical (unpaired) electrons. The summed E-state index contributed by atoms with van der Waals surface area (Å²) in [6.07, 6.45) is 0. The zero-order valence-electron chi connectivity index (χ0n) is 2.70. The van der Waals surface area contributed by atoms with Crippen molar-refractivity contribution in [1.29, 1.82) is 0 Å². The van der Waals surface area contributed by atoms with Crippen molar-refractivity contribution in [2.24, 2.45) is 0 Å². The Balaban J connectivity index is 3.85. The Labute approximate surface area is 46.9 Å². The van der Waals surface area contributed by atoms with Crippen LogP contribution in [0.25, 0.3) is 0 Å². The fourth-order valence-corrected chi connectivity index (χ4v) is 0. The van der Waals surface area contributed by atoms with Gasteiger partial charge in [0, 0.05) is 0 Å². The van der Waals surface area contributed by atoms with Crippen LogP contribution >= 0.6 is 0 Å². The van der Waals surface area contributed by atoms with Gasteiger partial charge in [0.15, 0.2) is 0 Å². The maximum absolute atomic E-state index is 9.52. The molecule has 0 aromatic heterocycles. The van der Waals surface area contributed by atoms with E-state index in [9.17, 15) is 8.42 Å². The van der Waals surface area contributed by atoms with Gasteiger partial charge in [-0.2, -0.15) is 0 Å². The molecule has 1 N–H and O–H groups in total. The van der Waals surface area contributed by atoms with Crippen LogP contribution in [0.2, 0.25) is 0 Å². The molecule has 41 valence electrons. The maximum atomic E-state index is 9.52. The molecule has 0 aromatic carbocycles. The van der Waals surface area contributed by atoms with E-state index < -0.39 is 10.1 Å². The van der Waals surface area contributed by atoms with Gasteiger partial charge in [0.25, 0.3) is 0 Å². The molecule has 0 fully saturated rings. The van der Waals surface area contributed by atoms with Gasteiger partial charge in [0.2, 0.25) is 0 Å². The summed E-state index contributed by atoms with van der Waals surface area (Å²) in [5.74, 6) is 0. The third kappa shape index (κ3) is 4.57. The van der Waals surface area contributed by atoms with Crippen LogP contribution in [0, 0.1) is 0 Å². The molecular formula is CH3O3PdS. The van der Waals surface area contributed by atoms with E-state index in [4.69, 9.17) is 4.55 Å². The van der Waals surface area contributed by atoms with Crippen LogP contribution in [0.3, 0.4) is 0 Å². The number of hydrogen-bond acceptors (Lipinski definition) is 2. The van der Waals surface area contributed by atoms with Crippen molar-refractivity contribution in [2.75, 3.05) is 4.23 Å². The molecule has 0 aliphatic carbocycles. The van der Waals surface area contributed by atoms with E-state index in [1.165, 1.54) is 0 Å². The van der Waals surface area contributed by atoms with Crippen molar-refractivity contribution in [2.45, 2.75) is 0 Å². The molecule has 6 heavy (non-hydrogen) atoms. The second-order valence-electron chi connectivity index (χ2n) is 0.673. The van der Waals surface area contributed by atoms with Crippen molar-refractivity contribution in [3.05, 3.63) is 0 Å². The van der Waals surface area contributed by atoms with Gasteiger partial charge in [-0.1, -0.05) is 0 Å². The summed E-state index contributed by atoms with van der Waals surface area (Å²) in [5, 5.41) is 0. The number of hydrogen-bond donors (Lipinski definition) is 1. The van der Waals surface area contributed by atoms with Gasteiger partial charge in [-0.25, -0.2) is 0 Å². The van der Waals surface area contributed by atoms with Crippen LogP contribution in [0.5, 0.6) is 0 Å². The molecule has 0 rings (SSSR count). The van der Waals surface area contributed by atoms with Crippen LogP contribution in [-0.4, -0.2) is 17.2 Å². The molecule has 0 aromatic rings. The van der Waals surface area contributed by atoms with Gasteiger partial charge in [0.1, 0.15) is 0 Å². The zero-order valence-corrected chi connectivity index (χ0v) is 5.07. The third-order valence-corrected chi connectivity index (χ3v) is 2.05. The molecule has 0 saturated carbocycles. The Morgan fingerprint density at radius 3 is 1.83 bits per heavy atom. The van der Waals surface area contributed by atoms with E-state index >= 15 is 0 Å². The molecule has 3 nitrogen and oxygen atoms in total. The molecule has 0 bridgehead atoms. The Bertz CT molecular complexity index is 113. The van der Waals surface area contributed by atoms with Gasteiger partial charge in [-0.15, -0.1) is 0 Å². The van der Waals surface area contributed by atoms with Gasteiger partial charge in [0.05, 0.1) is 0 Å². The second kappa shape index (κ2) is 2.03. The van der Waals surface area contributed by atoms with Crippen LogP contribution < -0.4 is 0 Å². The first kappa shape index (κ1) is 6.57. The quantitative estimate of drug-likeness (QED) is 0.454. The molecular weight excluding hydrogens is 198 g/mol. The summed E-state index contributed by atoms with van der Waals surface area (Å²) in [6.45, 7) is 0. The average Bonchev–Trinajstić information content (AvgIpc) is 1.35. The first-order valence-electron chi connectivity index (χ1n) is 1.03. The topological polar surface area (TPSA) is 54.4 Å². The molecule has 0 aliphatic rings. The second-order valence-corrected chi connectivity index (χ2v) is 3.37. The van der Waals surface area contributed by atoms with E-state index in [-0.39, 0.29) is 4.23 Å². The van der Waals surface area contributed by atoms with Gasteiger partial charge >= 0.3 is 46.5 Å². The van der Waals surface area contributed by atoms with E-state index in [1.54, 1.807) is 0 Å². The van der Waals surface area contributed by atoms with Crippen molar-refractivity contribution in [3.63, 3.8) is 0 Å². The Hall–Kier alpha value is 0.572.